The van der Waals surface area contributed by atoms with E-state index in [4.69, 9.17) is 9.47 Å². The van der Waals surface area contributed by atoms with Crippen molar-refractivity contribution < 1.29 is 36.2 Å². The Morgan fingerprint density at radius 2 is 1.83 bits per heavy atom. The Hall–Kier alpha value is -2.64. The van der Waals surface area contributed by atoms with Crippen LogP contribution < -0.4 is 9.47 Å². The lowest BCUT2D eigenvalue weighted by molar-refractivity contribution is -0.137. The number of carbonyl (C=O) groups excluding carboxylic acids is 1. The van der Waals surface area contributed by atoms with Crippen LogP contribution in [0.1, 0.15) is 27.9 Å². The molecule has 2 rings (SSSR count). The molecule has 0 radical (unpaired) electrons. The predicted molar refractivity (Wildman–Crippen MR) is 74.9 cm³/mol. The van der Waals surface area contributed by atoms with Crippen LogP contribution in [-0.2, 0) is 6.18 Å². The van der Waals surface area contributed by atoms with Crippen molar-refractivity contribution in [2.24, 2.45) is 0 Å². The van der Waals surface area contributed by atoms with E-state index in [2.05, 4.69) is 0 Å². The van der Waals surface area contributed by atoms with Crippen molar-refractivity contribution in [1.29, 1.82) is 0 Å². The Labute approximate surface area is 133 Å². The number of para-hydroxylation sites is 1. The van der Waals surface area contributed by atoms with E-state index in [1.165, 1.54) is 25.3 Å². The summed E-state index contributed by atoms with van der Waals surface area (Å²) < 4.78 is 74.5. The minimum atomic E-state index is -4.82. The SMILES string of the molecule is COc1cccc(C=O)c1Oc1cc(C(F)F)cc(C(F)(F)F)c1. The van der Waals surface area contributed by atoms with Crippen molar-refractivity contribution in [2.45, 2.75) is 12.6 Å². The number of hydrogen-bond acceptors (Lipinski definition) is 3. The fourth-order valence-corrected chi connectivity index (χ4v) is 1.98. The van der Waals surface area contributed by atoms with Gasteiger partial charge in [-0.05, 0) is 30.3 Å². The molecule has 0 N–H and O–H groups in total. The van der Waals surface area contributed by atoms with Gasteiger partial charge in [0.25, 0.3) is 6.43 Å². The molecule has 0 heterocycles. The zero-order valence-electron chi connectivity index (χ0n) is 12.2. The number of rotatable bonds is 5. The summed E-state index contributed by atoms with van der Waals surface area (Å²) in [6.45, 7) is 0. The molecule has 2 aromatic rings. The maximum absolute atomic E-state index is 12.9. The Morgan fingerprint density at radius 3 is 2.38 bits per heavy atom. The Morgan fingerprint density at radius 1 is 1.12 bits per heavy atom. The average Bonchev–Trinajstić information content (AvgIpc) is 2.53. The maximum Gasteiger partial charge on any atom is 0.416 e. The number of ether oxygens (including phenoxy) is 2. The van der Waals surface area contributed by atoms with Crippen LogP contribution in [0.5, 0.6) is 17.2 Å². The third-order valence-corrected chi connectivity index (χ3v) is 3.08. The molecule has 0 aliphatic carbocycles. The first-order valence-electron chi connectivity index (χ1n) is 6.56. The van der Waals surface area contributed by atoms with E-state index in [9.17, 15) is 26.7 Å². The van der Waals surface area contributed by atoms with Crippen LogP contribution in [0.2, 0.25) is 0 Å². The second-order valence-corrected chi connectivity index (χ2v) is 4.69. The van der Waals surface area contributed by atoms with Gasteiger partial charge in [0, 0.05) is 5.56 Å². The summed E-state index contributed by atoms with van der Waals surface area (Å²) in [5, 5.41) is 0. The zero-order chi connectivity index (χ0) is 17.9. The summed E-state index contributed by atoms with van der Waals surface area (Å²) in [4.78, 5) is 11.1. The van der Waals surface area contributed by atoms with Gasteiger partial charge in [-0.1, -0.05) is 6.07 Å². The van der Waals surface area contributed by atoms with E-state index in [-0.39, 0.29) is 17.1 Å². The standard InChI is InChI=1S/C16H11F5O3/c1-23-13-4-2-3-9(8-22)14(13)24-12-6-10(15(17)18)5-11(7-12)16(19,20)21/h2-8,15H,1H3. The van der Waals surface area contributed by atoms with Gasteiger partial charge in [-0.25, -0.2) is 8.78 Å². The van der Waals surface area contributed by atoms with Gasteiger partial charge in [0.2, 0.25) is 0 Å². The van der Waals surface area contributed by atoms with Crippen LogP contribution >= 0.6 is 0 Å². The fourth-order valence-electron chi connectivity index (χ4n) is 1.98. The summed E-state index contributed by atoms with van der Waals surface area (Å²) in [6.07, 6.45) is -7.52. The van der Waals surface area contributed by atoms with Crippen LogP contribution in [0, 0.1) is 0 Å². The van der Waals surface area contributed by atoms with Gasteiger partial charge in [0.15, 0.2) is 17.8 Å². The van der Waals surface area contributed by atoms with Crippen molar-refractivity contribution in [3.8, 4) is 17.2 Å². The van der Waals surface area contributed by atoms with Gasteiger partial charge in [0.05, 0.1) is 18.2 Å². The third-order valence-electron chi connectivity index (χ3n) is 3.08. The van der Waals surface area contributed by atoms with Crippen molar-refractivity contribution in [2.75, 3.05) is 7.11 Å². The van der Waals surface area contributed by atoms with E-state index >= 15 is 0 Å². The van der Waals surface area contributed by atoms with Crippen LogP contribution in [0.25, 0.3) is 0 Å². The highest BCUT2D eigenvalue weighted by Gasteiger charge is 2.32. The summed E-state index contributed by atoms with van der Waals surface area (Å²) in [5.41, 5.74) is -2.12. The lowest BCUT2D eigenvalue weighted by atomic mass is 10.1. The Bertz CT molecular complexity index is 741. The van der Waals surface area contributed by atoms with Gasteiger partial charge in [-0.2, -0.15) is 13.2 Å². The summed E-state index contributed by atoms with van der Waals surface area (Å²) in [5.74, 6) is -0.558. The average molecular weight is 346 g/mol. The monoisotopic (exact) mass is 346 g/mol. The number of halogens is 5. The quantitative estimate of drug-likeness (QED) is 0.547. The van der Waals surface area contributed by atoms with Crippen LogP contribution in [0.3, 0.4) is 0 Å². The van der Waals surface area contributed by atoms with E-state index in [1.807, 2.05) is 0 Å². The van der Waals surface area contributed by atoms with Gasteiger partial charge >= 0.3 is 6.18 Å². The van der Waals surface area contributed by atoms with Crippen molar-refractivity contribution in [3.63, 3.8) is 0 Å². The molecule has 0 saturated heterocycles. The lowest BCUT2D eigenvalue weighted by Gasteiger charge is -2.15. The molecule has 0 saturated carbocycles. The summed E-state index contributed by atoms with van der Waals surface area (Å²) >= 11 is 0. The first-order valence-corrected chi connectivity index (χ1v) is 6.56. The van der Waals surface area contributed by atoms with E-state index in [1.54, 1.807) is 0 Å². The number of carbonyl (C=O) groups is 1. The molecule has 3 nitrogen and oxygen atoms in total. The molecule has 0 bridgehead atoms. The molecule has 0 unspecified atom stereocenters. The van der Waals surface area contributed by atoms with Crippen LogP contribution in [-0.4, -0.2) is 13.4 Å². The highest BCUT2D eigenvalue weighted by Crippen LogP contribution is 2.39. The highest BCUT2D eigenvalue weighted by atomic mass is 19.4. The second kappa shape index (κ2) is 6.86. The minimum absolute atomic E-state index is 0.00496. The van der Waals surface area contributed by atoms with Crippen molar-refractivity contribution in [3.05, 3.63) is 53.1 Å². The molecular weight excluding hydrogens is 335 g/mol. The van der Waals surface area contributed by atoms with E-state index in [0.29, 0.717) is 18.4 Å². The highest BCUT2D eigenvalue weighted by molar-refractivity contribution is 5.81. The smallest absolute Gasteiger partial charge is 0.416 e. The first-order chi connectivity index (χ1) is 11.3. The Kier molecular flexibility index (Phi) is 5.06. The molecule has 0 spiro atoms. The van der Waals surface area contributed by atoms with Gasteiger partial charge < -0.3 is 9.47 Å². The van der Waals surface area contributed by atoms with Crippen LogP contribution in [0.4, 0.5) is 22.0 Å². The topological polar surface area (TPSA) is 35.5 Å². The summed E-state index contributed by atoms with van der Waals surface area (Å²) in [6, 6.07) is 5.96. The van der Waals surface area contributed by atoms with E-state index < -0.39 is 29.5 Å². The van der Waals surface area contributed by atoms with Crippen molar-refractivity contribution >= 4 is 6.29 Å². The molecule has 0 amide bonds. The number of hydrogen-bond donors (Lipinski definition) is 0. The first kappa shape index (κ1) is 17.7. The largest absolute Gasteiger partial charge is 0.493 e. The maximum atomic E-state index is 12.9. The molecule has 0 fully saturated rings. The minimum Gasteiger partial charge on any atom is -0.493 e. The molecule has 8 heteroatoms. The molecule has 2 aromatic carbocycles. The molecule has 0 atom stereocenters. The van der Waals surface area contributed by atoms with E-state index in [0.717, 1.165) is 6.07 Å². The molecular formula is C16H11F5O3. The number of alkyl halides is 5. The number of aldehydes is 1. The third kappa shape index (κ3) is 3.81. The Balaban J connectivity index is 2.54. The lowest BCUT2D eigenvalue weighted by Crippen LogP contribution is -2.06. The number of benzene rings is 2. The molecule has 0 aliphatic heterocycles. The van der Waals surface area contributed by atoms with Gasteiger partial charge in [0.1, 0.15) is 5.75 Å². The molecule has 0 aliphatic rings. The van der Waals surface area contributed by atoms with Gasteiger partial charge in [-0.15, -0.1) is 0 Å². The molecule has 0 aromatic heterocycles. The zero-order valence-corrected chi connectivity index (χ0v) is 12.2. The van der Waals surface area contributed by atoms with Crippen LogP contribution in [0.15, 0.2) is 36.4 Å². The number of methoxy groups -OCH3 is 1. The van der Waals surface area contributed by atoms with Gasteiger partial charge in [-0.3, -0.25) is 4.79 Å². The summed E-state index contributed by atoms with van der Waals surface area (Å²) in [7, 11) is 1.27. The normalized spacial score (nSPS) is 11.5. The molecule has 128 valence electrons. The second-order valence-electron chi connectivity index (χ2n) is 4.69. The van der Waals surface area contributed by atoms with Crippen molar-refractivity contribution in [1.82, 2.24) is 0 Å². The predicted octanol–water partition coefficient (Wildman–Crippen LogP) is 5.26. The fraction of sp³-hybridized carbons (Fsp3) is 0.188. The molecule has 24 heavy (non-hydrogen) atoms.